The molecule has 3 fully saturated rings. The highest BCUT2D eigenvalue weighted by atomic mass is 16.3. The molecule has 6 nitrogen and oxygen atoms in total. The largest absolute Gasteiger partial charge is 0.390 e. The van der Waals surface area contributed by atoms with Crippen molar-refractivity contribution in [1.82, 2.24) is 14.8 Å². The molecule has 34 heavy (non-hydrogen) atoms. The average Bonchev–Trinajstić information content (AvgIpc) is 3.38. The molecule has 1 amide bonds. The number of carbonyl (C=O) groups is 1. The van der Waals surface area contributed by atoms with Crippen molar-refractivity contribution in [1.29, 1.82) is 0 Å². The van der Waals surface area contributed by atoms with Gasteiger partial charge in [-0.15, -0.1) is 10.2 Å². The Morgan fingerprint density at radius 3 is 2.53 bits per heavy atom. The van der Waals surface area contributed by atoms with Crippen molar-refractivity contribution in [2.24, 2.45) is 17.8 Å². The number of amides is 1. The Kier molecular flexibility index (Phi) is 6.07. The van der Waals surface area contributed by atoms with Gasteiger partial charge in [-0.05, 0) is 89.2 Å². The van der Waals surface area contributed by atoms with E-state index in [0.717, 1.165) is 47.6 Å². The Morgan fingerprint density at radius 1 is 1.18 bits per heavy atom. The van der Waals surface area contributed by atoms with Crippen molar-refractivity contribution in [2.45, 2.75) is 103 Å². The predicted octanol–water partition coefficient (Wildman–Crippen LogP) is 5.65. The molecule has 5 rings (SSSR count). The summed E-state index contributed by atoms with van der Waals surface area (Å²) >= 11 is 0. The summed E-state index contributed by atoms with van der Waals surface area (Å²) in [5.74, 6) is 3.59. The van der Waals surface area contributed by atoms with Crippen molar-refractivity contribution < 1.29 is 9.90 Å². The normalized spacial score (nSPS) is 31.0. The summed E-state index contributed by atoms with van der Waals surface area (Å²) in [5.41, 5.74) is 2.19. The highest BCUT2D eigenvalue weighted by Gasteiger charge is 2.49. The second-order valence-corrected chi connectivity index (χ2v) is 12.1. The number of nitrogens with zero attached hydrogens (tertiary/aromatic N) is 3. The van der Waals surface area contributed by atoms with Gasteiger partial charge in [-0.2, -0.15) is 0 Å². The van der Waals surface area contributed by atoms with Crippen LogP contribution in [0, 0.1) is 31.6 Å². The minimum absolute atomic E-state index is 0.0257. The molecule has 3 saturated carbocycles. The third-order valence-corrected chi connectivity index (χ3v) is 8.18. The first-order valence-electron chi connectivity index (χ1n) is 13.2. The molecule has 1 aromatic heterocycles. The van der Waals surface area contributed by atoms with Gasteiger partial charge in [0.25, 0.3) is 0 Å². The quantitative estimate of drug-likeness (QED) is 0.555. The standard InChI is InChI=1S/C28H40N4O2/c1-16(2)10-19-12-20(13-19)25-30-31-26(32(25)21-7-8-21)22-14-28(5,34)15-23(22)27(33)29-24-9-6-17(3)11-18(24)4/h6,9,11,16,19-23,34H,7-8,10,12-15H2,1-5H3,(H,29,33)/t19?,20?,22-,23-,28+/m1/s1. The number of benzene rings is 1. The van der Waals surface area contributed by atoms with Crippen LogP contribution in [0.4, 0.5) is 5.69 Å². The lowest BCUT2D eigenvalue weighted by Crippen LogP contribution is -2.28. The number of aromatic nitrogens is 3. The van der Waals surface area contributed by atoms with Crippen LogP contribution in [-0.4, -0.2) is 31.4 Å². The summed E-state index contributed by atoms with van der Waals surface area (Å²) in [6.07, 6.45) is 6.98. The van der Waals surface area contributed by atoms with Crippen LogP contribution in [0.3, 0.4) is 0 Å². The van der Waals surface area contributed by atoms with Gasteiger partial charge in [0, 0.05) is 23.6 Å². The Hall–Kier alpha value is -2.21. The molecule has 184 valence electrons. The fourth-order valence-electron chi connectivity index (χ4n) is 6.40. The Bertz CT molecular complexity index is 1060. The molecule has 6 heteroatoms. The third-order valence-electron chi connectivity index (χ3n) is 8.18. The zero-order chi connectivity index (χ0) is 24.2. The molecule has 0 aliphatic heterocycles. The Balaban J connectivity index is 1.39. The highest BCUT2D eigenvalue weighted by Crippen LogP contribution is 2.51. The Labute approximate surface area is 203 Å². The van der Waals surface area contributed by atoms with E-state index in [1.54, 1.807) is 0 Å². The van der Waals surface area contributed by atoms with Crippen LogP contribution in [0.1, 0.15) is 106 Å². The average molecular weight is 465 g/mol. The van der Waals surface area contributed by atoms with Crippen molar-refractivity contribution >= 4 is 11.6 Å². The topological polar surface area (TPSA) is 80.0 Å². The third kappa shape index (κ3) is 4.66. The SMILES string of the molecule is Cc1ccc(NC(=O)[C@@H]2C[C@@](C)(O)C[C@H]2c2nnc(C3CC(CC(C)C)C3)n2C2CC2)c(C)c1. The van der Waals surface area contributed by atoms with Gasteiger partial charge in [0.15, 0.2) is 0 Å². The van der Waals surface area contributed by atoms with E-state index in [0.29, 0.717) is 24.8 Å². The summed E-state index contributed by atoms with van der Waals surface area (Å²) < 4.78 is 2.37. The maximum atomic E-state index is 13.5. The van der Waals surface area contributed by atoms with Crippen LogP contribution in [-0.2, 0) is 4.79 Å². The molecule has 0 unspecified atom stereocenters. The molecular formula is C28H40N4O2. The highest BCUT2D eigenvalue weighted by molar-refractivity contribution is 5.94. The van der Waals surface area contributed by atoms with Crippen LogP contribution < -0.4 is 5.32 Å². The van der Waals surface area contributed by atoms with Crippen LogP contribution in [0.2, 0.25) is 0 Å². The van der Waals surface area contributed by atoms with Crippen molar-refractivity contribution in [2.75, 3.05) is 5.32 Å². The number of aliphatic hydroxyl groups is 1. The van der Waals surface area contributed by atoms with Crippen molar-refractivity contribution in [3.8, 4) is 0 Å². The molecular weight excluding hydrogens is 424 g/mol. The summed E-state index contributed by atoms with van der Waals surface area (Å²) in [4.78, 5) is 13.5. The summed E-state index contributed by atoms with van der Waals surface area (Å²) in [6, 6.07) is 6.53. The van der Waals surface area contributed by atoms with Crippen LogP contribution >= 0.6 is 0 Å². The summed E-state index contributed by atoms with van der Waals surface area (Å²) in [5, 5.41) is 23.6. The fourth-order valence-corrected chi connectivity index (χ4v) is 6.40. The predicted molar refractivity (Wildman–Crippen MR) is 134 cm³/mol. The first-order valence-corrected chi connectivity index (χ1v) is 13.2. The van der Waals surface area contributed by atoms with E-state index in [2.05, 4.69) is 36.7 Å². The molecule has 0 bridgehead atoms. The van der Waals surface area contributed by atoms with Crippen LogP contribution in [0.15, 0.2) is 18.2 Å². The van der Waals surface area contributed by atoms with E-state index in [-0.39, 0.29) is 17.7 Å². The van der Waals surface area contributed by atoms with Gasteiger partial charge in [0.1, 0.15) is 11.6 Å². The van der Waals surface area contributed by atoms with Crippen LogP contribution in [0.25, 0.3) is 0 Å². The molecule has 2 aromatic rings. The van der Waals surface area contributed by atoms with Crippen molar-refractivity contribution in [3.63, 3.8) is 0 Å². The monoisotopic (exact) mass is 464 g/mol. The van der Waals surface area contributed by atoms with Gasteiger partial charge in [-0.3, -0.25) is 4.79 Å². The lowest BCUT2D eigenvalue weighted by molar-refractivity contribution is -0.120. The lowest BCUT2D eigenvalue weighted by Gasteiger charge is -2.36. The van der Waals surface area contributed by atoms with E-state index in [1.807, 2.05) is 26.0 Å². The van der Waals surface area contributed by atoms with Gasteiger partial charge in [-0.25, -0.2) is 0 Å². The smallest absolute Gasteiger partial charge is 0.228 e. The summed E-state index contributed by atoms with van der Waals surface area (Å²) in [7, 11) is 0. The lowest BCUT2D eigenvalue weighted by atomic mass is 9.71. The second kappa shape index (κ2) is 8.78. The van der Waals surface area contributed by atoms with Gasteiger partial charge in [0.05, 0.1) is 11.5 Å². The van der Waals surface area contributed by atoms with E-state index in [4.69, 9.17) is 10.2 Å². The van der Waals surface area contributed by atoms with Gasteiger partial charge >= 0.3 is 0 Å². The summed E-state index contributed by atoms with van der Waals surface area (Å²) in [6.45, 7) is 10.5. The number of aryl methyl sites for hydroxylation is 2. The number of rotatable bonds is 7. The zero-order valence-corrected chi connectivity index (χ0v) is 21.3. The molecule has 1 heterocycles. The maximum Gasteiger partial charge on any atom is 0.228 e. The van der Waals surface area contributed by atoms with E-state index >= 15 is 0 Å². The van der Waals surface area contributed by atoms with Gasteiger partial charge < -0.3 is 15.0 Å². The molecule has 0 spiro atoms. The Morgan fingerprint density at radius 2 is 1.88 bits per heavy atom. The maximum absolute atomic E-state index is 13.5. The number of carbonyl (C=O) groups excluding carboxylic acids is 1. The van der Waals surface area contributed by atoms with Gasteiger partial charge in [0.2, 0.25) is 5.91 Å². The zero-order valence-electron chi connectivity index (χ0n) is 21.3. The first-order chi connectivity index (χ1) is 16.1. The van der Waals surface area contributed by atoms with E-state index in [9.17, 15) is 9.90 Å². The molecule has 3 aliphatic rings. The molecule has 3 atom stereocenters. The fraction of sp³-hybridized carbons (Fsp3) is 0.679. The van der Waals surface area contributed by atoms with E-state index < -0.39 is 5.60 Å². The van der Waals surface area contributed by atoms with Crippen LogP contribution in [0.5, 0.6) is 0 Å². The molecule has 3 aliphatic carbocycles. The minimum Gasteiger partial charge on any atom is -0.390 e. The molecule has 1 aromatic carbocycles. The van der Waals surface area contributed by atoms with Gasteiger partial charge in [-0.1, -0.05) is 31.5 Å². The number of hydrogen-bond donors (Lipinski definition) is 2. The number of nitrogens with one attached hydrogen (secondary N) is 1. The first kappa shape index (κ1) is 23.5. The molecule has 0 radical (unpaired) electrons. The molecule has 2 N–H and O–H groups in total. The second-order valence-electron chi connectivity index (χ2n) is 12.1. The number of hydrogen-bond acceptors (Lipinski definition) is 4. The van der Waals surface area contributed by atoms with E-state index in [1.165, 1.54) is 24.8 Å². The van der Waals surface area contributed by atoms with Crippen molar-refractivity contribution in [3.05, 3.63) is 41.0 Å². The number of anilines is 1. The molecule has 0 saturated heterocycles. The minimum atomic E-state index is -0.881.